The predicted octanol–water partition coefficient (Wildman–Crippen LogP) is 3.35. The zero-order chi connectivity index (χ0) is 10.4. The van der Waals surface area contributed by atoms with Crippen molar-refractivity contribution < 1.29 is 0 Å². The van der Waals surface area contributed by atoms with Crippen LogP contribution in [-0.4, -0.2) is 18.6 Å². The van der Waals surface area contributed by atoms with E-state index in [1.54, 1.807) is 0 Å². The number of hydrogen-bond donors (Lipinski definition) is 1. The Kier molecular flexibility index (Phi) is 5.38. The van der Waals surface area contributed by atoms with Gasteiger partial charge in [0.05, 0.1) is 0 Å². The van der Waals surface area contributed by atoms with E-state index in [0.717, 1.165) is 17.3 Å². The van der Waals surface area contributed by atoms with E-state index in [1.165, 1.54) is 5.56 Å². The van der Waals surface area contributed by atoms with Crippen LogP contribution < -0.4 is 5.32 Å². The molecular weight excluding hydrogens is 214 g/mol. The van der Waals surface area contributed by atoms with Crippen molar-refractivity contribution in [2.45, 2.75) is 13.0 Å². The number of nitrogens with one attached hydrogen (secondary N) is 1. The van der Waals surface area contributed by atoms with Crippen LogP contribution in [0.1, 0.15) is 18.5 Å². The first-order valence-electron chi connectivity index (χ1n) is 4.75. The van der Waals surface area contributed by atoms with Crippen molar-refractivity contribution in [3.63, 3.8) is 0 Å². The third-order valence-corrected chi connectivity index (χ3v) is 2.94. The van der Waals surface area contributed by atoms with Crippen LogP contribution in [0.5, 0.6) is 0 Å². The maximum Gasteiger partial charge on any atom is 0.0412 e. The predicted molar refractivity (Wildman–Crippen MR) is 66.3 cm³/mol. The second-order valence-corrected chi connectivity index (χ2v) is 4.47. The van der Waals surface area contributed by atoms with Gasteiger partial charge < -0.3 is 5.32 Å². The minimum atomic E-state index is 0.411. The highest BCUT2D eigenvalue weighted by Crippen LogP contribution is 2.20. The fourth-order valence-corrected chi connectivity index (χ4v) is 2.25. The maximum atomic E-state index is 5.95. The molecule has 1 rings (SSSR count). The minimum absolute atomic E-state index is 0.411. The van der Waals surface area contributed by atoms with Crippen molar-refractivity contribution in [2.24, 2.45) is 0 Å². The summed E-state index contributed by atoms with van der Waals surface area (Å²) >= 11 is 7.80. The summed E-state index contributed by atoms with van der Waals surface area (Å²) in [5.41, 5.74) is 1.27. The van der Waals surface area contributed by atoms with Gasteiger partial charge in [-0.05, 0) is 30.5 Å². The molecule has 1 unspecified atom stereocenters. The van der Waals surface area contributed by atoms with E-state index < -0.39 is 0 Å². The summed E-state index contributed by atoms with van der Waals surface area (Å²) in [4.78, 5) is 0. The van der Waals surface area contributed by atoms with E-state index >= 15 is 0 Å². The van der Waals surface area contributed by atoms with E-state index in [1.807, 2.05) is 30.0 Å². The van der Waals surface area contributed by atoms with Crippen molar-refractivity contribution in [2.75, 3.05) is 18.6 Å². The van der Waals surface area contributed by atoms with Gasteiger partial charge in [-0.25, -0.2) is 0 Å². The molecule has 1 nitrogen and oxygen atoms in total. The molecule has 78 valence electrons. The lowest BCUT2D eigenvalue weighted by Gasteiger charge is -2.17. The Morgan fingerprint density at radius 2 is 2.29 bits per heavy atom. The molecule has 0 spiro atoms. The molecule has 1 aromatic rings. The zero-order valence-corrected chi connectivity index (χ0v) is 10.2. The quantitative estimate of drug-likeness (QED) is 0.831. The van der Waals surface area contributed by atoms with Gasteiger partial charge in [0.2, 0.25) is 0 Å². The first kappa shape index (κ1) is 11.9. The Morgan fingerprint density at radius 1 is 1.50 bits per heavy atom. The molecule has 0 aliphatic carbocycles. The van der Waals surface area contributed by atoms with E-state index in [2.05, 4.69) is 24.6 Å². The van der Waals surface area contributed by atoms with Crippen LogP contribution in [0, 0.1) is 0 Å². The monoisotopic (exact) mass is 229 g/mol. The van der Waals surface area contributed by atoms with E-state index in [4.69, 9.17) is 11.6 Å². The molecule has 0 radical (unpaired) electrons. The summed E-state index contributed by atoms with van der Waals surface area (Å²) in [5, 5.41) is 4.26. The van der Waals surface area contributed by atoms with E-state index in [9.17, 15) is 0 Å². The Bertz CT molecular complexity index is 272. The second-order valence-electron chi connectivity index (χ2n) is 3.12. The highest BCUT2D eigenvalue weighted by molar-refractivity contribution is 7.98. The molecule has 0 bridgehead atoms. The molecule has 0 heterocycles. The van der Waals surface area contributed by atoms with Crippen LogP contribution in [-0.2, 0) is 0 Å². The first-order valence-corrected chi connectivity index (χ1v) is 6.53. The molecule has 0 aliphatic rings. The molecule has 0 aromatic heterocycles. The summed E-state index contributed by atoms with van der Waals surface area (Å²) in [7, 11) is 0. The Labute approximate surface area is 95.2 Å². The van der Waals surface area contributed by atoms with Crippen LogP contribution in [0.25, 0.3) is 0 Å². The molecule has 0 amide bonds. The summed E-state index contributed by atoms with van der Waals surface area (Å²) < 4.78 is 0. The van der Waals surface area contributed by atoms with Crippen molar-refractivity contribution in [3.8, 4) is 0 Å². The Balaban J connectivity index is 2.75. The number of hydrogen-bond acceptors (Lipinski definition) is 2. The third-order valence-electron chi connectivity index (χ3n) is 2.03. The van der Waals surface area contributed by atoms with Gasteiger partial charge in [0.15, 0.2) is 0 Å². The highest BCUT2D eigenvalue weighted by Gasteiger charge is 2.08. The van der Waals surface area contributed by atoms with Crippen LogP contribution in [0.3, 0.4) is 0 Å². The van der Waals surface area contributed by atoms with Crippen molar-refractivity contribution in [3.05, 3.63) is 34.9 Å². The lowest BCUT2D eigenvalue weighted by Crippen LogP contribution is -2.22. The van der Waals surface area contributed by atoms with Gasteiger partial charge in [0.1, 0.15) is 0 Å². The van der Waals surface area contributed by atoms with Crippen molar-refractivity contribution in [1.29, 1.82) is 0 Å². The van der Waals surface area contributed by atoms with Crippen LogP contribution in [0.15, 0.2) is 24.3 Å². The molecule has 0 saturated carbocycles. The summed E-state index contributed by atoms with van der Waals surface area (Å²) in [6.45, 7) is 3.11. The van der Waals surface area contributed by atoms with Crippen molar-refractivity contribution in [1.82, 2.24) is 5.32 Å². The maximum absolute atomic E-state index is 5.95. The fraction of sp³-hybridized carbons (Fsp3) is 0.455. The smallest absolute Gasteiger partial charge is 0.0412 e. The third kappa shape index (κ3) is 3.52. The molecule has 1 aromatic carbocycles. The van der Waals surface area contributed by atoms with Gasteiger partial charge in [0.25, 0.3) is 0 Å². The molecule has 14 heavy (non-hydrogen) atoms. The second kappa shape index (κ2) is 6.33. The van der Waals surface area contributed by atoms with Gasteiger partial charge >= 0.3 is 0 Å². The standard InChI is InChI=1S/C11H16ClNS/c1-3-13-11(8-14-2)9-5-4-6-10(12)7-9/h4-7,11,13H,3,8H2,1-2H3. The van der Waals surface area contributed by atoms with Crippen LogP contribution in [0.4, 0.5) is 0 Å². The average molecular weight is 230 g/mol. The van der Waals surface area contributed by atoms with Crippen LogP contribution in [0.2, 0.25) is 5.02 Å². The summed E-state index contributed by atoms with van der Waals surface area (Å²) in [6.07, 6.45) is 2.12. The minimum Gasteiger partial charge on any atom is -0.310 e. The topological polar surface area (TPSA) is 12.0 Å². The lowest BCUT2D eigenvalue weighted by atomic mass is 10.1. The van der Waals surface area contributed by atoms with E-state index in [-0.39, 0.29) is 0 Å². The number of benzene rings is 1. The van der Waals surface area contributed by atoms with Gasteiger partial charge in [-0.1, -0.05) is 30.7 Å². The van der Waals surface area contributed by atoms with E-state index in [0.29, 0.717) is 6.04 Å². The van der Waals surface area contributed by atoms with Gasteiger partial charge in [-0.15, -0.1) is 0 Å². The normalized spacial score (nSPS) is 12.8. The van der Waals surface area contributed by atoms with Gasteiger partial charge in [-0.2, -0.15) is 11.8 Å². The molecule has 0 fully saturated rings. The Hall–Kier alpha value is -0.180. The van der Waals surface area contributed by atoms with Crippen molar-refractivity contribution >= 4 is 23.4 Å². The largest absolute Gasteiger partial charge is 0.310 e. The number of halogens is 1. The molecule has 0 saturated heterocycles. The SMILES string of the molecule is CCNC(CSC)c1cccc(Cl)c1. The molecular formula is C11H16ClNS. The van der Waals surface area contributed by atoms with Gasteiger partial charge in [-0.3, -0.25) is 0 Å². The Morgan fingerprint density at radius 3 is 2.86 bits per heavy atom. The number of thioether (sulfide) groups is 1. The van der Waals surface area contributed by atoms with Gasteiger partial charge in [0, 0.05) is 16.8 Å². The summed E-state index contributed by atoms with van der Waals surface area (Å²) in [5.74, 6) is 1.08. The molecule has 3 heteroatoms. The van der Waals surface area contributed by atoms with Crippen LogP contribution >= 0.6 is 23.4 Å². The molecule has 0 aliphatic heterocycles. The average Bonchev–Trinajstić information content (AvgIpc) is 2.17. The molecule has 1 atom stereocenters. The summed E-state index contributed by atoms with van der Waals surface area (Å²) in [6, 6.07) is 8.48. The molecule has 1 N–H and O–H groups in total. The highest BCUT2D eigenvalue weighted by atomic mass is 35.5. The fourth-order valence-electron chi connectivity index (χ4n) is 1.41. The zero-order valence-electron chi connectivity index (χ0n) is 8.59. The lowest BCUT2D eigenvalue weighted by molar-refractivity contribution is 0.606. The first-order chi connectivity index (χ1) is 6.77. The number of rotatable bonds is 5.